The number of halogens is 2. The van der Waals surface area contributed by atoms with Crippen LogP contribution in [0.25, 0.3) is 5.65 Å². The third-order valence-corrected chi connectivity index (χ3v) is 4.53. The van der Waals surface area contributed by atoms with Crippen molar-refractivity contribution in [3.05, 3.63) is 53.4 Å². The number of nitrogens with one attached hydrogen (secondary N) is 2. The zero-order valence-corrected chi connectivity index (χ0v) is 16.0. The van der Waals surface area contributed by atoms with E-state index in [4.69, 9.17) is 16.3 Å². The monoisotopic (exact) mass is 407 g/mol. The van der Waals surface area contributed by atoms with Crippen molar-refractivity contribution >= 4 is 41.2 Å². The Morgan fingerprint density at radius 3 is 2.96 bits per heavy atom. The molecule has 0 unspecified atom stereocenters. The zero-order valence-electron chi connectivity index (χ0n) is 14.4. The Kier molecular flexibility index (Phi) is 6.15. The van der Waals surface area contributed by atoms with Gasteiger partial charge in [0.2, 0.25) is 0 Å². The van der Waals surface area contributed by atoms with E-state index >= 15 is 0 Å². The summed E-state index contributed by atoms with van der Waals surface area (Å²) in [5, 5.41) is 10.9. The van der Waals surface area contributed by atoms with Crippen LogP contribution in [0.15, 0.2) is 42.9 Å². The number of hydrogen-bond donors (Lipinski definition) is 2. The maximum absolute atomic E-state index is 12.7. The Morgan fingerprint density at radius 2 is 2.15 bits per heavy atom. The molecule has 4 rings (SSSR count). The highest BCUT2D eigenvalue weighted by molar-refractivity contribution is 6.31. The Labute approximate surface area is 167 Å². The average Bonchev–Trinajstić information content (AvgIpc) is 3.09. The third kappa shape index (κ3) is 4.32. The molecule has 1 amide bonds. The predicted molar refractivity (Wildman–Crippen MR) is 106 cm³/mol. The maximum Gasteiger partial charge on any atom is 0.261 e. The molecular weight excluding hydrogens is 389 g/mol. The number of aromatic nitrogens is 3. The second-order valence-corrected chi connectivity index (χ2v) is 6.54. The van der Waals surface area contributed by atoms with Crippen LogP contribution in [0.2, 0.25) is 5.02 Å². The van der Waals surface area contributed by atoms with Gasteiger partial charge in [0.15, 0.2) is 5.65 Å². The molecule has 1 aliphatic rings. The lowest BCUT2D eigenvalue weighted by Gasteiger charge is -2.25. The lowest BCUT2D eigenvalue weighted by Crippen LogP contribution is -2.34. The van der Waals surface area contributed by atoms with E-state index in [9.17, 15) is 4.79 Å². The molecule has 1 aliphatic heterocycles. The third-order valence-electron chi connectivity index (χ3n) is 4.29. The van der Waals surface area contributed by atoms with E-state index in [2.05, 4.69) is 20.7 Å². The first-order chi connectivity index (χ1) is 12.7. The van der Waals surface area contributed by atoms with Crippen molar-refractivity contribution in [2.75, 3.05) is 18.4 Å². The molecule has 0 radical (unpaired) electrons. The number of benzene rings is 1. The minimum Gasteiger partial charge on any atom is -0.488 e. The summed E-state index contributed by atoms with van der Waals surface area (Å²) in [6, 6.07) is 6.98. The van der Waals surface area contributed by atoms with E-state index in [0.717, 1.165) is 25.9 Å². The van der Waals surface area contributed by atoms with E-state index in [1.54, 1.807) is 41.2 Å². The van der Waals surface area contributed by atoms with Gasteiger partial charge in [0.1, 0.15) is 17.4 Å². The number of hydrogen-bond acceptors (Lipinski definition) is 5. The summed E-state index contributed by atoms with van der Waals surface area (Å²) in [5.74, 6) is 0.301. The maximum atomic E-state index is 12.7. The second kappa shape index (κ2) is 8.56. The molecule has 0 spiro atoms. The molecule has 3 heterocycles. The smallest absolute Gasteiger partial charge is 0.261 e. The van der Waals surface area contributed by atoms with Gasteiger partial charge in [-0.2, -0.15) is 5.10 Å². The summed E-state index contributed by atoms with van der Waals surface area (Å²) in [7, 11) is 0. The molecule has 0 atom stereocenters. The van der Waals surface area contributed by atoms with E-state index in [-0.39, 0.29) is 24.4 Å². The van der Waals surface area contributed by atoms with Gasteiger partial charge in [-0.1, -0.05) is 11.6 Å². The average molecular weight is 408 g/mol. The Morgan fingerprint density at radius 1 is 1.33 bits per heavy atom. The zero-order chi connectivity index (χ0) is 17.9. The van der Waals surface area contributed by atoms with Crippen molar-refractivity contribution < 1.29 is 9.53 Å². The molecule has 7 nitrogen and oxygen atoms in total. The Bertz CT molecular complexity index is 940. The molecule has 1 aromatic carbocycles. The van der Waals surface area contributed by atoms with E-state index < -0.39 is 0 Å². The van der Waals surface area contributed by atoms with Crippen LogP contribution in [0.1, 0.15) is 23.2 Å². The van der Waals surface area contributed by atoms with Gasteiger partial charge in [0, 0.05) is 17.4 Å². The molecule has 3 aromatic rings. The first kappa shape index (κ1) is 19.4. The van der Waals surface area contributed by atoms with E-state index in [0.29, 0.717) is 27.7 Å². The van der Waals surface area contributed by atoms with Crippen LogP contribution in [0, 0.1) is 0 Å². The highest BCUT2D eigenvalue weighted by Crippen LogP contribution is 2.30. The number of rotatable bonds is 4. The molecule has 2 N–H and O–H groups in total. The van der Waals surface area contributed by atoms with Gasteiger partial charge in [0.25, 0.3) is 5.91 Å². The fourth-order valence-corrected chi connectivity index (χ4v) is 3.14. The molecule has 0 aliphatic carbocycles. The summed E-state index contributed by atoms with van der Waals surface area (Å²) < 4.78 is 7.65. The molecule has 1 saturated heterocycles. The molecule has 9 heteroatoms. The topological polar surface area (TPSA) is 80.5 Å². The van der Waals surface area contributed by atoms with Crippen LogP contribution in [0.3, 0.4) is 0 Å². The van der Waals surface area contributed by atoms with Crippen LogP contribution >= 0.6 is 24.0 Å². The number of anilines is 1. The molecule has 2 aromatic heterocycles. The number of carbonyl (C=O) groups excluding carboxylic acids is 1. The second-order valence-electron chi connectivity index (χ2n) is 6.11. The molecule has 0 saturated carbocycles. The molecule has 0 bridgehead atoms. The van der Waals surface area contributed by atoms with Crippen molar-refractivity contribution in [1.82, 2.24) is 19.9 Å². The Balaban J connectivity index is 0.00000210. The van der Waals surface area contributed by atoms with Crippen molar-refractivity contribution in [2.45, 2.75) is 18.9 Å². The fraction of sp³-hybridized carbons (Fsp3) is 0.278. The first-order valence-electron chi connectivity index (χ1n) is 8.47. The lowest BCUT2D eigenvalue weighted by molar-refractivity contribution is 0.102. The van der Waals surface area contributed by atoms with Crippen LogP contribution in [-0.4, -0.2) is 39.7 Å². The van der Waals surface area contributed by atoms with E-state index in [1.165, 1.54) is 6.20 Å². The number of ether oxygens (including phenoxy) is 1. The lowest BCUT2D eigenvalue weighted by atomic mass is 10.1. The quantitative estimate of drug-likeness (QED) is 0.693. The van der Waals surface area contributed by atoms with Crippen LogP contribution in [0.4, 0.5) is 5.69 Å². The van der Waals surface area contributed by atoms with Crippen LogP contribution in [-0.2, 0) is 0 Å². The summed E-state index contributed by atoms with van der Waals surface area (Å²) >= 11 is 6.12. The first-order valence-corrected chi connectivity index (χ1v) is 8.85. The molecule has 27 heavy (non-hydrogen) atoms. The van der Waals surface area contributed by atoms with Gasteiger partial charge in [0.05, 0.1) is 11.9 Å². The minimum absolute atomic E-state index is 0. The van der Waals surface area contributed by atoms with Crippen molar-refractivity contribution in [3.63, 3.8) is 0 Å². The van der Waals surface area contributed by atoms with E-state index in [1.807, 2.05) is 0 Å². The minimum atomic E-state index is -0.309. The van der Waals surface area contributed by atoms with Crippen LogP contribution < -0.4 is 15.4 Å². The number of carbonyl (C=O) groups is 1. The van der Waals surface area contributed by atoms with Gasteiger partial charge in [-0.15, -0.1) is 12.4 Å². The van der Waals surface area contributed by atoms with Gasteiger partial charge >= 0.3 is 0 Å². The highest BCUT2D eigenvalue weighted by Gasteiger charge is 2.19. The number of amides is 1. The molecular formula is C18H19Cl2N5O2. The highest BCUT2D eigenvalue weighted by atomic mass is 35.5. The Hall–Kier alpha value is -2.35. The summed E-state index contributed by atoms with van der Waals surface area (Å²) in [6.45, 7) is 1.85. The summed E-state index contributed by atoms with van der Waals surface area (Å²) in [5.41, 5.74) is 1.42. The normalized spacial score (nSPS) is 14.6. The number of fused-ring (bicyclic) bond motifs is 1. The number of piperidine rings is 1. The standard InChI is InChI=1S/C18H18ClN5O2.ClH/c19-12-2-3-16(26-13-4-7-20-8-5-13)15(10-12)23-18(25)14-11-22-24-9-1-6-21-17(14)24;/h1-3,6,9-11,13,20H,4-5,7-8H2,(H,23,25);1H. The van der Waals surface area contributed by atoms with Crippen LogP contribution in [0.5, 0.6) is 5.75 Å². The molecule has 142 valence electrons. The SMILES string of the molecule is Cl.O=C(Nc1cc(Cl)ccc1OC1CCNCC1)c1cnn2cccnc12. The van der Waals surface area contributed by atoms with Crippen molar-refractivity contribution in [1.29, 1.82) is 0 Å². The summed E-state index contributed by atoms with van der Waals surface area (Å²) in [6.07, 6.45) is 6.83. The van der Waals surface area contributed by atoms with Gasteiger partial charge in [-0.25, -0.2) is 9.50 Å². The van der Waals surface area contributed by atoms with Crippen molar-refractivity contribution in [3.8, 4) is 5.75 Å². The number of nitrogens with zero attached hydrogens (tertiary/aromatic N) is 3. The largest absolute Gasteiger partial charge is 0.488 e. The van der Waals surface area contributed by atoms with Gasteiger partial charge in [-0.05, 0) is 50.2 Å². The molecule has 1 fully saturated rings. The van der Waals surface area contributed by atoms with Crippen molar-refractivity contribution in [2.24, 2.45) is 0 Å². The van der Waals surface area contributed by atoms with Gasteiger partial charge in [-0.3, -0.25) is 4.79 Å². The van der Waals surface area contributed by atoms with Gasteiger partial charge < -0.3 is 15.4 Å². The summed E-state index contributed by atoms with van der Waals surface area (Å²) in [4.78, 5) is 16.9. The predicted octanol–water partition coefficient (Wildman–Crippen LogP) is 3.19. The fourth-order valence-electron chi connectivity index (χ4n) is 2.97.